The Balaban J connectivity index is 1.63. The third kappa shape index (κ3) is 6.28. The molecule has 4 fully saturated rings. The van der Waals surface area contributed by atoms with Crippen LogP contribution in [-0.2, 0) is 14.3 Å². The van der Waals surface area contributed by atoms with Crippen molar-refractivity contribution in [2.75, 3.05) is 13.1 Å². The molecule has 9 heteroatoms. The molecule has 200 valence electrons. The zero-order chi connectivity index (χ0) is 26.4. The first-order valence-electron chi connectivity index (χ1n) is 12.9. The van der Waals surface area contributed by atoms with Crippen molar-refractivity contribution in [3.05, 3.63) is 0 Å². The minimum Gasteiger partial charge on any atom is -0.444 e. The SMILES string of the molecule is CC(C)(C)OC(=O)N[C@H](C(=O)NC12CCC(C(=O)N3CC[C@H](C(C)(C)O)C3)(CC1)CC2)C(C)(C)O. The van der Waals surface area contributed by atoms with Gasteiger partial charge in [0.05, 0.1) is 11.2 Å². The summed E-state index contributed by atoms with van der Waals surface area (Å²) >= 11 is 0. The minimum absolute atomic E-state index is 0.0876. The summed E-state index contributed by atoms with van der Waals surface area (Å²) in [5.74, 6) is -0.175. The number of hydrogen-bond donors (Lipinski definition) is 4. The van der Waals surface area contributed by atoms with Crippen molar-refractivity contribution in [3.8, 4) is 0 Å². The largest absolute Gasteiger partial charge is 0.444 e. The van der Waals surface area contributed by atoms with Crippen LogP contribution in [0.25, 0.3) is 0 Å². The fourth-order valence-corrected chi connectivity index (χ4v) is 5.87. The smallest absolute Gasteiger partial charge is 0.408 e. The molecule has 2 bridgehead atoms. The summed E-state index contributed by atoms with van der Waals surface area (Å²) < 4.78 is 5.28. The predicted molar refractivity (Wildman–Crippen MR) is 131 cm³/mol. The highest BCUT2D eigenvalue weighted by Gasteiger charge is 2.55. The zero-order valence-corrected chi connectivity index (χ0v) is 22.5. The number of nitrogens with one attached hydrogen (secondary N) is 2. The van der Waals surface area contributed by atoms with Gasteiger partial charge in [0.25, 0.3) is 0 Å². The van der Waals surface area contributed by atoms with E-state index in [0.717, 1.165) is 6.42 Å². The monoisotopic (exact) mass is 495 g/mol. The second kappa shape index (κ2) is 9.21. The molecule has 2 atom stereocenters. The summed E-state index contributed by atoms with van der Waals surface area (Å²) in [6.45, 7) is 13.0. The van der Waals surface area contributed by atoms with Gasteiger partial charge in [0.1, 0.15) is 11.6 Å². The fraction of sp³-hybridized carbons (Fsp3) is 0.885. The molecule has 9 nitrogen and oxygen atoms in total. The van der Waals surface area contributed by atoms with Crippen LogP contribution < -0.4 is 10.6 Å². The van der Waals surface area contributed by atoms with E-state index >= 15 is 0 Å². The van der Waals surface area contributed by atoms with Gasteiger partial charge in [0.2, 0.25) is 11.8 Å². The number of carbonyl (C=O) groups is 3. The third-order valence-electron chi connectivity index (χ3n) is 8.19. The number of hydrogen-bond acceptors (Lipinski definition) is 6. The average Bonchev–Trinajstić information content (AvgIpc) is 3.21. The standard InChI is InChI=1S/C26H45N3O6/c1-22(2,3)35-21(32)27-18(24(6,7)34)19(30)28-26-12-9-25(10-13-26,11-14-26)20(31)29-15-8-17(16-29)23(4,5)33/h17-18,33-34H,8-16H2,1-7H3,(H,27,32)(H,28,30)/t17-,18+,25?,26?/m0/s1. The number of likely N-dealkylation sites (tertiary alicyclic amines) is 1. The molecule has 0 aromatic carbocycles. The minimum atomic E-state index is -1.49. The molecule has 4 rings (SSSR count). The summed E-state index contributed by atoms with van der Waals surface area (Å²) in [4.78, 5) is 41.0. The lowest BCUT2D eigenvalue weighted by atomic mass is 9.56. The number of ether oxygens (including phenoxy) is 1. The molecule has 3 saturated carbocycles. The Bertz CT molecular complexity index is 811. The second-order valence-electron chi connectivity index (χ2n) is 13.2. The summed E-state index contributed by atoms with van der Waals surface area (Å²) in [5.41, 5.74) is -3.86. The van der Waals surface area contributed by atoms with E-state index in [2.05, 4.69) is 10.6 Å². The number of nitrogens with zero attached hydrogens (tertiary/aromatic N) is 1. The van der Waals surface area contributed by atoms with Crippen molar-refractivity contribution < 1.29 is 29.3 Å². The number of fused-ring (bicyclic) bond motifs is 3. The summed E-state index contributed by atoms with van der Waals surface area (Å²) in [7, 11) is 0. The van der Waals surface area contributed by atoms with E-state index in [0.29, 0.717) is 51.6 Å². The number of rotatable bonds is 6. The van der Waals surface area contributed by atoms with Gasteiger partial charge >= 0.3 is 6.09 Å². The van der Waals surface area contributed by atoms with Gasteiger partial charge in [-0.3, -0.25) is 9.59 Å². The van der Waals surface area contributed by atoms with E-state index < -0.39 is 45.8 Å². The molecule has 3 amide bonds. The van der Waals surface area contributed by atoms with Gasteiger partial charge in [-0.1, -0.05) is 0 Å². The van der Waals surface area contributed by atoms with Crippen molar-refractivity contribution in [1.82, 2.24) is 15.5 Å². The normalized spacial score (nSPS) is 30.1. The zero-order valence-electron chi connectivity index (χ0n) is 22.5. The van der Waals surface area contributed by atoms with Gasteiger partial charge in [-0.25, -0.2) is 4.79 Å². The first-order valence-corrected chi connectivity index (χ1v) is 12.9. The maximum absolute atomic E-state index is 13.5. The number of alkyl carbamates (subject to hydrolysis) is 1. The van der Waals surface area contributed by atoms with Crippen LogP contribution in [-0.4, -0.2) is 74.5 Å². The number of aliphatic hydroxyl groups is 2. The second-order valence-corrected chi connectivity index (χ2v) is 13.2. The molecule has 35 heavy (non-hydrogen) atoms. The molecule has 0 aromatic rings. The van der Waals surface area contributed by atoms with Gasteiger partial charge < -0.3 is 30.5 Å². The molecule has 4 N–H and O–H groups in total. The van der Waals surface area contributed by atoms with Crippen molar-refractivity contribution in [2.24, 2.45) is 11.3 Å². The molecule has 0 radical (unpaired) electrons. The summed E-state index contributed by atoms with van der Waals surface area (Å²) in [5, 5.41) is 26.6. The quantitative estimate of drug-likeness (QED) is 0.448. The highest BCUT2D eigenvalue weighted by atomic mass is 16.6. The summed E-state index contributed by atoms with van der Waals surface area (Å²) in [6.07, 6.45) is 4.18. The van der Waals surface area contributed by atoms with Crippen LogP contribution in [0.5, 0.6) is 0 Å². The van der Waals surface area contributed by atoms with Crippen molar-refractivity contribution >= 4 is 17.9 Å². The molecule has 0 spiro atoms. The number of carbonyl (C=O) groups excluding carboxylic acids is 3. The van der Waals surface area contributed by atoms with E-state index in [9.17, 15) is 24.6 Å². The molecule has 0 aromatic heterocycles. The van der Waals surface area contributed by atoms with Crippen LogP contribution in [0.15, 0.2) is 0 Å². The van der Waals surface area contributed by atoms with Crippen molar-refractivity contribution in [3.63, 3.8) is 0 Å². The lowest BCUT2D eigenvalue weighted by Gasteiger charge is -2.54. The Morgan fingerprint density at radius 2 is 1.49 bits per heavy atom. The van der Waals surface area contributed by atoms with Gasteiger partial charge in [0, 0.05) is 30.0 Å². The average molecular weight is 496 g/mol. The Morgan fingerprint density at radius 1 is 0.943 bits per heavy atom. The lowest BCUT2D eigenvalue weighted by molar-refractivity contribution is -0.150. The molecule has 1 saturated heterocycles. The van der Waals surface area contributed by atoms with E-state index in [1.807, 2.05) is 4.90 Å². The maximum atomic E-state index is 13.5. The van der Waals surface area contributed by atoms with Crippen LogP contribution in [0.3, 0.4) is 0 Å². The van der Waals surface area contributed by atoms with Gasteiger partial charge in [-0.05, 0) is 93.4 Å². The number of amides is 3. The highest BCUT2D eigenvalue weighted by molar-refractivity contribution is 5.88. The molecule has 1 aliphatic heterocycles. The fourth-order valence-electron chi connectivity index (χ4n) is 5.87. The molecular formula is C26H45N3O6. The topological polar surface area (TPSA) is 128 Å². The summed E-state index contributed by atoms with van der Waals surface area (Å²) in [6, 6.07) is -1.18. The van der Waals surface area contributed by atoms with Crippen LogP contribution in [0, 0.1) is 11.3 Å². The Kier molecular flexibility index (Phi) is 7.30. The van der Waals surface area contributed by atoms with E-state index in [1.165, 1.54) is 13.8 Å². The van der Waals surface area contributed by atoms with Crippen molar-refractivity contribution in [2.45, 2.75) is 122 Å². The van der Waals surface area contributed by atoms with Crippen LogP contribution >= 0.6 is 0 Å². The maximum Gasteiger partial charge on any atom is 0.408 e. The van der Waals surface area contributed by atoms with E-state index in [1.54, 1.807) is 34.6 Å². The van der Waals surface area contributed by atoms with Crippen LogP contribution in [0.4, 0.5) is 4.79 Å². The lowest BCUT2D eigenvalue weighted by Crippen LogP contribution is -2.65. The molecule has 3 aliphatic carbocycles. The Morgan fingerprint density at radius 3 is 1.91 bits per heavy atom. The molecule has 1 heterocycles. The van der Waals surface area contributed by atoms with Gasteiger partial charge in [-0.15, -0.1) is 0 Å². The Hall–Kier alpha value is -1.87. The first-order chi connectivity index (χ1) is 15.9. The van der Waals surface area contributed by atoms with E-state index in [4.69, 9.17) is 4.74 Å². The molecule has 0 unspecified atom stereocenters. The highest BCUT2D eigenvalue weighted by Crippen LogP contribution is 2.53. The molecular weight excluding hydrogens is 450 g/mol. The van der Waals surface area contributed by atoms with E-state index in [-0.39, 0.29) is 11.8 Å². The predicted octanol–water partition coefficient (Wildman–Crippen LogP) is 2.48. The van der Waals surface area contributed by atoms with Gasteiger partial charge in [0.15, 0.2) is 0 Å². The Labute approximate surface area is 209 Å². The van der Waals surface area contributed by atoms with Crippen LogP contribution in [0.1, 0.15) is 93.4 Å². The molecule has 4 aliphatic rings. The van der Waals surface area contributed by atoms with Gasteiger partial charge in [-0.2, -0.15) is 0 Å². The first kappa shape index (κ1) is 27.7. The van der Waals surface area contributed by atoms with Crippen LogP contribution in [0.2, 0.25) is 0 Å². The van der Waals surface area contributed by atoms with Crippen molar-refractivity contribution in [1.29, 1.82) is 0 Å². The third-order valence-corrected chi connectivity index (χ3v) is 8.19.